The Morgan fingerprint density at radius 2 is 1.36 bits per heavy atom. The first kappa shape index (κ1) is 26.0. The van der Waals surface area contributed by atoms with Gasteiger partial charge in [-0.3, -0.25) is 0 Å². The van der Waals surface area contributed by atoms with Crippen molar-refractivity contribution >= 4 is 31.5 Å². The molecule has 0 aliphatic carbocycles. The van der Waals surface area contributed by atoms with Gasteiger partial charge in [-0.2, -0.15) is 8.78 Å². The van der Waals surface area contributed by atoms with Gasteiger partial charge in [-0.15, -0.1) is 11.3 Å². The monoisotopic (exact) mass is 524 g/mol. The molecule has 36 heavy (non-hydrogen) atoms. The Balaban J connectivity index is 1.64. The third kappa shape index (κ3) is 5.21. The van der Waals surface area contributed by atoms with Crippen molar-refractivity contribution in [2.24, 2.45) is 0 Å². The number of ether oxygens (including phenoxy) is 3. The lowest BCUT2D eigenvalue weighted by Crippen LogP contribution is -2.24. The van der Waals surface area contributed by atoms with Gasteiger partial charge in [-0.25, -0.2) is 13.2 Å². The maximum Gasteiger partial charge on any atom is 0.429 e. The molecule has 0 spiro atoms. The van der Waals surface area contributed by atoms with Crippen LogP contribution < -0.4 is 14.2 Å². The van der Waals surface area contributed by atoms with Crippen LogP contribution in [-0.4, -0.2) is 13.2 Å². The number of hydrogen-bond acceptors (Lipinski definition) is 4. The average Bonchev–Trinajstić information content (AvgIpc) is 3.23. The molecule has 9 heteroatoms. The van der Waals surface area contributed by atoms with Gasteiger partial charge >= 0.3 is 6.11 Å². The summed E-state index contributed by atoms with van der Waals surface area (Å²) >= 11 is 0.710. The SMILES string of the molecule is CCCCOc1ccc(OC(F)(F)c2ccc3c(sc4c(F)c(OCCCC)ccc43)c2F)c(F)c1. The molecular formula is C27H25F5O3S. The number of hydrogen-bond donors (Lipinski definition) is 0. The highest BCUT2D eigenvalue weighted by Gasteiger charge is 2.39. The van der Waals surface area contributed by atoms with Gasteiger partial charge in [0, 0.05) is 16.8 Å². The number of halogens is 5. The minimum atomic E-state index is -4.19. The number of unbranched alkanes of at least 4 members (excludes halogenated alkanes) is 2. The summed E-state index contributed by atoms with van der Waals surface area (Å²) in [7, 11) is 0. The van der Waals surface area contributed by atoms with Gasteiger partial charge in [0.15, 0.2) is 29.0 Å². The number of fused-ring (bicyclic) bond motifs is 3. The molecule has 0 amide bonds. The van der Waals surface area contributed by atoms with Crippen LogP contribution in [0.25, 0.3) is 20.2 Å². The molecule has 0 radical (unpaired) electrons. The summed E-state index contributed by atoms with van der Waals surface area (Å²) in [5, 5.41) is 0.667. The quantitative estimate of drug-likeness (QED) is 0.145. The molecule has 0 aliphatic rings. The average molecular weight is 525 g/mol. The van der Waals surface area contributed by atoms with E-state index in [0.29, 0.717) is 29.9 Å². The van der Waals surface area contributed by atoms with Crippen LogP contribution in [0.15, 0.2) is 42.5 Å². The number of thiophene rings is 1. The minimum Gasteiger partial charge on any atom is -0.493 e. The van der Waals surface area contributed by atoms with Crippen LogP contribution in [0.2, 0.25) is 0 Å². The van der Waals surface area contributed by atoms with E-state index in [1.165, 1.54) is 18.2 Å². The van der Waals surface area contributed by atoms with E-state index >= 15 is 8.78 Å². The predicted molar refractivity (Wildman–Crippen MR) is 131 cm³/mol. The van der Waals surface area contributed by atoms with Gasteiger partial charge in [-0.1, -0.05) is 32.8 Å². The summed E-state index contributed by atoms with van der Waals surface area (Å²) in [6, 6.07) is 8.42. The molecule has 0 fully saturated rings. The Labute approximate surface area is 209 Å². The van der Waals surface area contributed by atoms with Crippen molar-refractivity contribution in [1.82, 2.24) is 0 Å². The van der Waals surface area contributed by atoms with Crippen LogP contribution in [0.1, 0.15) is 45.1 Å². The Kier molecular flexibility index (Phi) is 7.88. The van der Waals surface area contributed by atoms with E-state index < -0.39 is 34.9 Å². The second-order valence-electron chi connectivity index (χ2n) is 8.28. The molecule has 4 aromatic rings. The molecule has 3 aromatic carbocycles. The van der Waals surface area contributed by atoms with Crippen molar-refractivity contribution in [3.63, 3.8) is 0 Å². The number of benzene rings is 3. The molecule has 0 aliphatic heterocycles. The zero-order chi connectivity index (χ0) is 25.9. The second kappa shape index (κ2) is 10.9. The van der Waals surface area contributed by atoms with Gasteiger partial charge in [0.2, 0.25) is 0 Å². The number of rotatable bonds is 11. The molecule has 0 unspecified atom stereocenters. The highest BCUT2D eigenvalue weighted by Crippen LogP contribution is 2.43. The van der Waals surface area contributed by atoms with Crippen molar-refractivity contribution in [1.29, 1.82) is 0 Å². The lowest BCUT2D eigenvalue weighted by molar-refractivity contribution is -0.188. The third-order valence-corrected chi connectivity index (χ3v) is 6.84. The molecule has 1 aromatic heterocycles. The highest BCUT2D eigenvalue weighted by atomic mass is 32.1. The van der Waals surface area contributed by atoms with Gasteiger partial charge in [0.25, 0.3) is 0 Å². The molecule has 0 N–H and O–H groups in total. The fourth-order valence-corrected chi connectivity index (χ4v) is 4.83. The summed E-state index contributed by atoms with van der Waals surface area (Å²) in [6.07, 6.45) is -0.933. The zero-order valence-electron chi connectivity index (χ0n) is 19.8. The van der Waals surface area contributed by atoms with Gasteiger partial charge in [0.1, 0.15) is 11.3 Å². The van der Waals surface area contributed by atoms with Crippen molar-refractivity contribution < 1.29 is 36.2 Å². The molecule has 0 bridgehead atoms. The van der Waals surface area contributed by atoms with E-state index in [9.17, 15) is 13.2 Å². The summed E-state index contributed by atoms with van der Waals surface area (Å²) in [5.74, 6) is -3.55. The standard InChI is InChI=1S/C27H25F5O3S/c1-3-5-13-33-16-7-11-21(20(28)15-16)35-27(31,32)19-10-8-17-18-9-12-22(34-14-6-4-2)24(30)26(18)36-25(17)23(19)29/h7-12,15H,3-6,13-14H2,1-2H3. The highest BCUT2D eigenvalue weighted by molar-refractivity contribution is 7.25. The second-order valence-corrected chi connectivity index (χ2v) is 9.30. The zero-order valence-corrected chi connectivity index (χ0v) is 20.6. The van der Waals surface area contributed by atoms with Crippen LogP contribution in [0.3, 0.4) is 0 Å². The summed E-state index contributed by atoms with van der Waals surface area (Å²) in [4.78, 5) is 0. The lowest BCUT2D eigenvalue weighted by Gasteiger charge is -2.19. The largest absolute Gasteiger partial charge is 0.493 e. The first-order chi connectivity index (χ1) is 17.3. The Bertz CT molecular complexity index is 1370. The van der Waals surface area contributed by atoms with Gasteiger partial charge < -0.3 is 14.2 Å². The predicted octanol–water partition coefficient (Wildman–Crippen LogP) is 8.96. The maximum absolute atomic E-state index is 15.3. The Hall–Kier alpha value is -3.07. The summed E-state index contributed by atoms with van der Waals surface area (Å²) in [6.45, 7) is 4.63. The fourth-order valence-electron chi connectivity index (χ4n) is 3.66. The van der Waals surface area contributed by atoms with E-state index in [2.05, 4.69) is 4.74 Å². The molecular weight excluding hydrogens is 499 g/mol. The van der Waals surface area contributed by atoms with Crippen molar-refractivity contribution in [2.75, 3.05) is 13.2 Å². The Morgan fingerprint density at radius 1 is 0.750 bits per heavy atom. The molecule has 0 saturated heterocycles. The van der Waals surface area contributed by atoms with E-state index in [1.807, 2.05) is 13.8 Å². The molecule has 4 rings (SSSR count). The maximum atomic E-state index is 15.3. The lowest BCUT2D eigenvalue weighted by atomic mass is 10.1. The van der Waals surface area contributed by atoms with Crippen molar-refractivity contribution in [2.45, 2.75) is 45.6 Å². The first-order valence-electron chi connectivity index (χ1n) is 11.7. The van der Waals surface area contributed by atoms with Gasteiger partial charge in [0.05, 0.1) is 22.6 Å². The van der Waals surface area contributed by atoms with Crippen LogP contribution in [0, 0.1) is 17.5 Å². The van der Waals surface area contributed by atoms with Crippen LogP contribution in [0.5, 0.6) is 17.2 Å². The normalized spacial score (nSPS) is 11.9. The van der Waals surface area contributed by atoms with E-state index in [-0.39, 0.29) is 26.3 Å². The molecule has 0 saturated carbocycles. The van der Waals surface area contributed by atoms with E-state index in [1.54, 1.807) is 6.07 Å². The fraction of sp³-hybridized carbons (Fsp3) is 0.333. The van der Waals surface area contributed by atoms with Crippen molar-refractivity contribution in [3.8, 4) is 17.2 Å². The third-order valence-electron chi connectivity index (χ3n) is 5.63. The molecule has 0 atom stereocenters. The van der Waals surface area contributed by atoms with Crippen LogP contribution in [0.4, 0.5) is 22.0 Å². The molecule has 1 heterocycles. The molecule has 192 valence electrons. The smallest absolute Gasteiger partial charge is 0.429 e. The first-order valence-corrected chi connectivity index (χ1v) is 12.5. The molecule has 3 nitrogen and oxygen atoms in total. The van der Waals surface area contributed by atoms with E-state index in [0.717, 1.165) is 43.9 Å². The number of alkyl halides is 2. The Morgan fingerprint density at radius 3 is 2.03 bits per heavy atom. The summed E-state index contributed by atoms with van der Waals surface area (Å²) < 4.78 is 90.0. The van der Waals surface area contributed by atoms with Gasteiger partial charge in [-0.05, 0) is 43.2 Å². The van der Waals surface area contributed by atoms with Crippen molar-refractivity contribution in [3.05, 3.63) is 65.5 Å². The summed E-state index contributed by atoms with van der Waals surface area (Å²) in [5.41, 5.74) is -1.08. The topological polar surface area (TPSA) is 27.7 Å². The van der Waals surface area contributed by atoms with Crippen LogP contribution in [-0.2, 0) is 6.11 Å². The van der Waals surface area contributed by atoms with E-state index in [4.69, 9.17) is 9.47 Å². The minimum absolute atomic E-state index is 0.0226. The van der Waals surface area contributed by atoms with Crippen LogP contribution >= 0.6 is 11.3 Å².